The Labute approximate surface area is 139 Å². The van der Waals surface area contributed by atoms with Crippen LogP contribution in [0.15, 0.2) is 0 Å². The third-order valence-electron chi connectivity index (χ3n) is 4.74. The van der Waals surface area contributed by atoms with Gasteiger partial charge in [-0.2, -0.15) is 0 Å². The van der Waals surface area contributed by atoms with Gasteiger partial charge < -0.3 is 10.2 Å². The van der Waals surface area contributed by atoms with Gasteiger partial charge in [-0.25, -0.2) is 0 Å². The van der Waals surface area contributed by atoms with Crippen LogP contribution in [-0.4, -0.2) is 23.4 Å². The van der Waals surface area contributed by atoms with Crippen molar-refractivity contribution >= 4 is 0 Å². The minimum Gasteiger partial charge on any atom is -0.396 e. The van der Waals surface area contributed by atoms with E-state index in [1.807, 2.05) is 0 Å². The lowest BCUT2D eigenvalue weighted by molar-refractivity contribution is 0.204. The molecular formula is C20H42O2. The highest BCUT2D eigenvalue weighted by Crippen LogP contribution is 2.18. The Morgan fingerprint density at radius 1 is 0.545 bits per heavy atom. The van der Waals surface area contributed by atoms with Crippen LogP contribution in [0.2, 0.25) is 0 Å². The highest BCUT2D eigenvalue weighted by molar-refractivity contribution is 4.59. The van der Waals surface area contributed by atoms with E-state index in [2.05, 4.69) is 6.92 Å². The van der Waals surface area contributed by atoms with Gasteiger partial charge in [0.25, 0.3) is 0 Å². The maximum atomic E-state index is 9.46. The third kappa shape index (κ3) is 16.3. The highest BCUT2D eigenvalue weighted by Gasteiger charge is 2.06. The third-order valence-corrected chi connectivity index (χ3v) is 4.74. The van der Waals surface area contributed by atoms with Crippen LogP contribution < -0.4 is 0 Å². The zero-order chi connectivity index (χ0) is 16.3. The number of aliphatic hydroxyl groups is 2. The molecule has 0 saturated heterocycles. The molecule has 0 aromatic carbocycles. The monoisotopic (exact) mass is 314 g/mol. The molecule has 2 N–H and O–H groups in total. The first-order valence-corrected chi connectivity index (χ1v) is 10.1. The minimum absolute atomic E-state index is 0.331. The molecule has 0 spiro atoms. The normalized spacial score (nSPS) is 12.7. The lowest BCUT2D eigenvalue weighted by Gasteiger charge is -2.13. The number of aliphatic hydroxyl groups excluding tert-OH is 2. The number of rotatable bonds is 18. The van der Waals surface area contributed by atoms with E-state index < -0.39 is 0 Å². The van der Waals surface area contributed by atoms with E-state index in [9.17, 15) is 5.11 Å². The van der Waals surface area contributed by atoms with E-state index in [0.717, 1.165) is 12.8 Å². The zero-order valence-corrected chi connectivity index (χ0v) is 15.2. The van der Waals surface area contributed by atoms with E-state index in [0.29, 0.717) is 19.1 Å². The molecule has 0 aliphatic carbocycles. The van der Waals surface area contributed by atoms with Crippen molar-refractivity contribution in [2.75, 3.05) is 13.2 Å². The fourth-order valence-electron chi connectivity index (χ4n) is 3.15. The summed E-state index contributed by atoms with van der Waals surface area (Å²) in [6.07, 6.45) is 20.6. The molecule has 0 radical (unpaired) electrons. The van der Waals surface area contributed by atoms with Crippen LogP contribution in [-0.2, 0) is 0 Å². The summed E-state index contributed by atoms with van der Waals surface area (Å²) in [5, 5.41) is 18.2. The number of hydrogen-bond donors (Lipinski definition) is 2. The predicted octanol–water partition coefficient (Wildman–Crippen LogP) is 5.85. The molecule has 2 heteroatoms. The predicted molar refractivity (Wildman–Crippen MR) is 97.2 cm³/mol. The molecule has 0 heterocycles. The first-order chi connectivity index (χ1) is 10.8. The Kier molecular flexibility index (Phi) is 18.9. The summed E-state index contributed by atoms with van der Waals surface area (Å²) < 4.78 is 0. The van der Waals surface area contributed by atoms with E-state index in [-0.39, 0.29) is 0 Å². The van der Waals surface area contributed by atoms with Crippen molar-refractivity contribution in [1.29, 1.82) is 0 Å². The van der Waals surface area contributed by atoms with Crippen LogP contribution >= 0.6 is 0 Å². The van der Waals surface area contributed by atoms with Crippen molar-refractivity contribution in [3.8, 4) is 0 Å². The highest BCUT2D eigenvalue weighted by atomic mass is 16.3. The molecule has 0 aliphatic rings. The first-order valence-electron chi connectivity index (χ1n) is 10.1. The Hall–Kier alpha value is -0.0800. The summed E-state index contributed by atoms with van der Waals surface area (Å²) in [4.78, 5) is 0. The Balaban J connectivity index is 3.28. The van der Waals surface area contributed by atoms with Gasteiger partial charge >= 0.3 is 0 Å². The van der Waals surface area contributed by atoms with Crippen LogP contribution in [0.1, 0.15) is 110 Å². The SMILES string of the molecule is CCCCCCCCCCCC(CO)CCCCCCCO. The summed E-state index contributed by atoms with van der Waals surface area (Å²) in [6.45, 7) is 2.97. The van der Waals surface area contributed by atoms with Gasteiger partial charge in [0.2, 0.25) is 0 Å². The summed E-state index contributed by atoms with van der Waals surface area (Å²) in [7, 11) is 0. The van der Waals surface area contributed by atoms with E-state index in [4.69, 9.17) is 5.11 Å². The van der Waals surface area contributed by atoms with Crippen molar-refractivity contribution in [3.63, 3.8) is 0 Å². The van der Waals surface area contributed by atoms with Crippen LogP contribution in [0.25, 0.3) is 0 Å². The first kappa shape index (κ1) is 21.9. The Bertz CT molecular complexity index is 194. The molecule has 1 unspecified atom stereocenters. The molecule has 0 aliphatic heterocycles. The van der Waals surface area contributed by atoms with Crippen molar-refractivity contribution < 1.29 is 10.2 Å². The second-order valence-corrected chi connectivity index (χ2v) is 6.95. The van der Waals surface area contributed by atoms with E-state index in [1.165, 1.54) is 89.9 Å². The largest absolute Gasteiger partial charge is 0.396 e. The second-order valence-electron chi connectivity index (χ2n) is 6.95. The molecule has 0 saturated carbocycles. The van der Waals surface area contributed by atoms with Crippen molar-refractivity contribution in [2.24, 2.45) is 5.92 Å². The van der Waals surface area contributed by atoms with Crippen LogP contribution in [0.3, 0.4) is 0 Å². The molecule has 22 heavy (non-hydrogen) atoms. The molecule has 0 aromatic rings. The Morgan fingerprint density at radius 2 is 0.955 bits per heavy atom. The lowest BCUT2D eigenvalue weighted by atomic mass is 9.95. The molecule has 0 amide bonds. The summed E-state index contributed by atoms with van der Waals surface area (Å²) in [5.41, 5.74) is 0. The second kappa shape index (κ2) is 19.0. The van der Waals surface area contributed by atoms with E-state index >= 15 is 0 Å². The Morgan fingerprint density at radius 3 is 1.36 bits per heavy atom. The average molecular weight is 315 g/mol. The average Bonchev–Trinajstić information content (AvgIpc) is 2.54. The van der Waals surface area contributed by atoms with Gasteiger partial charge in [0.1, 0.15) is 0 Å². The van der Waals surface area contributed by atoms with Gasteiger partial charge in [-0.1, -0.05) is 90.4 Å². The van der Waals surface area contributed by atoms with Crippen LogP contribution in [0.4, 0.5) is 0 Å². The zero-order valence-electron chi connectivity index (χ0n) is 15.2. The van der Waals surface area contributed by atoms with Gasteiger partial charge in [0, 0.05) is 13.2 Å². The molecule has 0 aromatic heterocycles. The number of unbranched alkanes of at least 4 members (excludes halogenated alkanes) is 12. The summed E-state index contributed by atoms with van der Waals surface area (Å²) in [5.74, 6) is 0.530. The fraction of sp³-hybridized carbons (Fsp3) is 1.00. The number of hydrogen-bond acceptors (Lipinski definition) is 2. The minimum atomic E-state index is 0.331. The van der Waals surface area contributed by atoms with Gasteiger partial charge in [-0.15, -0.1) is 0 Å². The summed E-state index contributed by atoms with van der Waals surface area (Å²) in [6, 6.07) is 0. The smallest absolute Gasteiger partial charge is 0.0459 e. The molecule has 1 atom stereocenters. The molecule has 134 valence electrons. The van der Waals surface area contributed by atoms with Gasteiger partial charge in [0.15, 0.2) is 0 Å². The van der Waals surface area contributed by atoms with Crippen molar-refractivity contribution in [1.82, 2.24) is 0 Å². The van der Waals surface area contributed by atoms with Crippen LogP contribution in [0.5, 0.6) is 0 Å². The van der Waals surface area contributed by atoms with Crippen molar-refractivity contribution in [3.05, 3.63) is 0 Å². The maximum absolute atomic E-state index is 9.46. The van der Waals surface area contributed by atoms with Gasteiger partial charge in [0.05, 0.1) is 0 Å². The fourth-order valence-corrected chi connectivity index (χ4v) is 3.15. The topological polar surface area (TPSA) is 40.5 Å². The summed E-state index contributed by atoms with van der Waals surface area (Å²) >= 11 is 0. The van der Waals surface area contributed by atoms with Crippen molar-refractivity contribution in [2.45, 2.75) is 110 Å². The van der Waals surface area contributed by atoms with Gasteiger partial charge in [-0.3, -0.25) is 0 Å². The molecule has 0 rings (SSSR count). The van der Waals surface area contributed by atoms with E-state index in [1.54, 1.807) is 0 Å². The molecule has 0 fully saturated rings. The molecule has 2 nitrogen and oxygen atoms in total. The maximum Gasteiger partial charge on any atom is 0.0459 e. The molecule has 0 bridgehead atoms. The van der Waals surface area contributed by atoms with Gasteiger partial charge in [-0.05, 0) is 25.2 Å². The lowest BCUT2D eigenvalue weighted by Crippen LogP contribution is -2.06. The standard InChI is InChI=1S/C20H42O2/c1-2-3-4-5-6-7-8-10-13-16-20(19-22)17-14-11-9-12-15-18-21/h20-22H,2-19H2,1H3. The molecular weight excluding hydrogens is 272 g/mol. The quantitative estimate of drug-likeness (QED) is 0.312. The van der Waals surface area contributed by atoms with Crippen LogP contribution in [0, 0.1) is 5.92 Å².